The van der Waals surface area contributed by atoms with Crippen molar-refractivity contribution in [1.29, 1.82) is 0 Å². The lowest BCUT2D eigenvalue weighted by atomic mass is 10.1. The van der Waals surface area contributed by atoms with Crippen molar-refractivity contribution >= 4 is 17.4 Å². The summed E-state index contributed by atoms with van der Waals surface area (Å²) in [6, 6.07) is 12.3. The van der Waals surface area contributed by atoms with Gasteiger partial charge in [0.1, 0.15) is 0 Å². The summed E-state index contributed by atoms with van der Waals surface area (Å²) in [5.41, 5.74) is 1.96. The molecule has 6 heteroatoms. The maximum atomic E-state index is 12.9. The summed E-state index contributed by atoms with van der Waals surface area (Å²) in [6.45, 7) is 2.95. The SMILES string of the molecule is FC(F)(F)c1cccc(Sc2ccc3c(c2)N2CCNCC2C3)c1. The first-order chi connectivity index (χ1) is 11.5. The van der Waals surface area contributed by atoms with Crippen LogP contribution in [0.1, 0.15) is 11.1 Å². The van der Waals surface area contributed by atoms with Crippen LogP contribution in [0, 0.1) is 0 Å². The standard InChI is InChI=1S/C18H17F3N2S/c19-18(20,21)13-2-1-3-15(9-13)24-16-5-4-12-8-14-11-22-6-7-23(14)17(12)10-16/h1-5,9-10,14,22H,6-8,11H2. The van der Waals surface area contributed by atoms with Crippen molar-refractivity contribution < 1.29 is 13.2 Å². The smallest absolute Gasteiger partial charge is 0.365 e. The highest BCUT2D eigenvalue weighted by molar-refractivity contribution is 7.99. The molecule has 2 aliphatic rings. The number of nitrogens with one attached hydrogen (secondary N) is 1. The molecule has 2 heterocycles. The summed E-state index contributed by atoms with van der Waals surface area (Å²) in [5.74, 6) is 0. The molecule has 1 unspecified atom stereocenters. The first-order valence-corrected chi connectivity index (χ1v) is 8.78. The van der Waals surface area contributed by atoms with E-state index in [1.807, 2.05) is 6.07 Å². The third-order valence-corrected chi connectivity index (χ3v) is 5.55. The molecule has 1 atom stereocenters. The summed E-state index contributed by atoms with van der Waals surface area (Å²) < 4.78 is 38.6. The van der Waals surface area contributed by atoms with E-state index >= 15 is 0 Å². The number of anilines is 1. The van der Waals surface area contributed by atoms with Gasteiger partial charge in [-0.15, -0.1) is 0 Å². The minimum atomic E-state index is -4.30. The van der Waals surface area contributed by atoms with Gasteiger partial charge in [-0.25, -0.2) is 0 Å². The van der Waals surface area contributed by atoms with Gasteiger partial charge in [-0.3, -0.25) is 0 Å². The van der Waals surface area contributed by atoms with E-state index in [1.165, 1.54) is 35.1 Å². The van der Waals surface area contributed by atoms with Crippen molar-refractivity contribution in [3.8, 4) is 0 Å². The average molecular weight is 350 g/mol. The first kappa shape index (κ1) is 15.8. The number of rotatable bonds is 2. The van der Waals surface area contributed by atoms with E-state index in [9.17, 15) is 13.2 Å². The normalized spacial score (nSPS) is 20.0. The van der Waals surface area contributed by atoms with Crippen LogP contribution in [-0.2, 0) is 12.6 Å². The van der Waals surface area contributed by atoms with Gasteiger partial charge in [-0.1, -0.05) is 23.9 Å². The molecule has 0 spiro atoms. The van der Waals surface area contributed by atoms with Crippen LogP contribution in [0.5, 0.6) is 0 Å². The van der Waals surface area contributed by atoms with Crippen LogP contribution in [0.25, 0.3) is 0 Å². The summed E-state index contributed by atoms with van der Waals surface area (Å²) in [4.78, 5) is 4.01. The van der Waals surface area contributed by atoms with Crippen molar-refractivity contribution in [3.63, 3.8) is 0 Å². The minimum Gasteiger partial charge on any atom is -0.365 e. The fraction of sp³-hybridized carbons (Fsp3) is 0.333. The Bertz CT molecular complexity index is 760. The van der Waals surface area contributed by atoms with Crippen LogP contribution >= 0.6 is 11.8 Å². The highest BCUT2D eigenvalue weighted by atomic mass is 32.2. The van der Waals surface area contributed by atoms with Gasteiger partial charge < -0.3 is 10.2 Å². The average Bonchev–Trinajstić information content (AvgIpc) is 2.92. The predicted octanol–water partition coefficient (Wildman–Crippen LogP) is 4.19. The third kappa shape index (κ3) is 3.00. The summed E-state index contributed by atoms with van der Waals surface area (Å²) in [6.07, 6.45) is -3.26. The molecule has 4 rings (SSSR count). The van der Waals surface area contributed by atoms with Gasteiger partial charge >= 0.3 is 6.18 Å². The molecule has 126 valence electrons. The van der Waals surface area contributed by atoms with Gasteiger partial charge in [0, 0.05) is 41.2 Å². The Hall–Kier alpha value is -1.66. The third-order valence-electron chi connectivity index (χ3n) is 4.57. The maximum absolute atomic E-state index is 12.9. The first-order valence-electron chi connectivity index (χ1n) is 7.96. The van der Waals surface area contributed by atoms with Crippen LogP contribution in [0.3, 0.4) is 0 Å². The van der Waals surface area contributed by atoms with E-state index in [1.54, 1.807) is 6.07 Å². The van der Waals surface area contributed by atoms with Crippen LogP contribution in [0.2, 0.25) is 0 Å². The Morgan fingerprint density at radius 3 is 2.75 bits per heavy atom. The number of halogens is 3. The van der Waals surface area contributed by atoms with E-state index in [0.717, 1.165) is 37.0 Å². The number of hydrogen-bond donors (Lipinski definition) is 1. The Labute approximate surface area is 143 Å². The molecular formula is C18H17F3N2S. The zero-order chi connectivity index (χ0) is 16.7. The second kappa shape index (κ2) is 6.01. The molecule has 0 amide bonds. The highest BCUT2D eigenvalue weighted by Gasteiger charge is 2.32. The molecule has 0 saturated carbocycles. The number of alkyl halides is 3. The topological polar surface area (TPSA) is 15.3 Å². The van der Waals surface area contributed by atoms with Gasteiger partial charge in [-0.05, 0) is 42.3 Å². The Kier molecular flexibility index (Phi) is 3.96. The maximum Gasteiger partial charge on any atom is 0.416 e. The van der Waals surface area contributed by atoms with Crippen LogP contribution in [0.4, 0.5) is 18.9 Å². The van der Waals surface area contributed by atoms with Crippen molar-refractivity contribution in [2.75, 3.05) is 24.5 Å². The van der Waals surface area contributed by atoms with E-state index in [0.29, 0.717) is 10.9 Å². The number of benzene rings is 2. The van der Waals surface area contributed by atoms with Crippen LogP contribution < -0.4 is 10.2 Å². The molecule has 2 aliphatic heterocycles. The second-order valence-corrected chi connectivity index (χ2v) is 7.32. The van der Waals surface area contributed by atoms with Crippen molar-refractivity contribution in [2.24, 2.45) is 0 Å². The quantitative estimate of drug-likeness (QED) is 0.874. The Morgan fingerprint density at radius 1 is 1.08 bits per heavy atom. The number of piperazine rings is 1. The van der Waals surface area contributed by atoms with E-state index in [4.69, 9.17) is 0 Å². The van der Waals surface area contributed by atoms with Gasteiger partial charge in [0.25, 0.3) is 0 Å². The Morgan fingerprint density at radius 2 is 1.92 bits per heavy atom. The lowest BCUT2D eigenvalue weighted by Gasteiger charge is -2.32. The van der Waals surface area contributed by atoms with Crippen LogP contribution in [-0.4, -0.2) is 25.7 Å². The fourth-order valence-electron chi connectivity index (χ4n) is 3.43. The molecular weight excluding hydrogens is 333 g/mol. The lowest BCUT2D eigenvalue weighted by Crippen LogP contribution is -2.49. The summed E-state index contributed by atoms with van der Waals surface area (Å²) in [5, 5.41) is 3.41. The molecule has 0 aromatic heterocycles. The summed E-state index contributed by atoms with van der Waals surface area (Å²) in [7, 11) is 0. The zero-order valence-corrected chi connectivity index (χ0v) is 13.8. The number of nitrogens with zero attached hydrogens (tertiary/aromatic N) is 1. The number of fused-ring (bicyclic) bond motifs is 3. The van der Waals surface area contributed by atoms with Gasteiger partial charge in [0.2, 0.25) is 0 Å². The van der Waals surface area contributed by atoms with E-state index < -0.39 is 11.7 Å². The molecule has 2 aromatic rings. The van der Waals surface area contributed by atoms with Gasteiger partial charge in [0.15, 0.2) is 0 Å². The molecule has 2 nitrogen and oxygen atoms in total. The molecule has 0 bridgehead atoms. The fourth-order valence-corrected chi connectivity index (χ4v) is 4.34. The second-order valence-electron chi connectivity index (χ2n) is 6.17. The highest BCUT2D eigenvalue weighted by Crippen LogP contribution is 2.39. The minimum absolute atomic E-state index is 0.502. The largest absolute Gasteiger partial charge is 0.416 e. The van der Waals surface area contributed by atoms with Gasteiger partial charge in [0.05, 0.1) is 5.56 Å². The van der Waals surface area contributed by atoms with Crippen molar-refractivity contribution in [3.05, 3.63) is 53.6 Å². The van der Waals surface area contributed by atoms with Crippen molar-refractivity contribution in [1.82, 2.24) is 5.32 Å². The molecule has 24 heavy (non-hydrogen) atoms. The van der Waals surface area contributed by atoms with Gasteiger partial charge in [-0.2, -0.15) is 13.2 Å². The van der Waals surface area contributed by atoms with Crippen LogP contribution in [0.15, 0.2) is 52.3 Å². The Balaban J connectivity index is 1.59. The molecule has 2 aromatic carbocycles. The van der Waals surface area contributed by atoms with E-state index in [2.05, 4.69) is 22.3 Å². The molecule has 1 fully saturated rings. The van der Waals surface area contributed by atoms with Crippen molar-refractivity contribution in [2.45, 2.75) is 28.4 Å². The molecule has 1 saturated heterocycles. The monoisotopic (exact) mass is 350 g/mol. The zero-order valence-electron chi connectivity index (χ0n) is 12.9. The molecule has 0 aliphatic carbocycles. The predicted molar refractivity (Wildman–Crippen MR) is 89.7 cm³/mol. The lowest BCUT2D eigenvalue weighted by molar-refractivity contribution is -0.137. The molecule has 1 N–H and O–H groups in total. The number of hydrogen-bond acceptors (Lipinski definition) is 3. The van der Waals surface area contributed by atoms with E-state index in [-0.39, 0.29) is 0 Å². The molecule has 0 radical (unpaired) electrons. The summed E-state index contributed by atoms with van der Waals surface area (Å²) >= 11 is 1.38.